The molecular formula is C15H18ClN3. The van der Waals surface area contributed by atoms with Crippen LogP contribution in [-0.4, -0.2) is 9.97 Å². The van der Waals surface area contributed by atoms with Crippen molar-refractivity contribution < 1.29 is 0 Å². The number of nitrogens with zero attached hydrogens (tertiary/aromatic N) is 2. The molecule has 1 unspecified atom stereocenters. The Morgan fingerprint density at radius 2 is 1.89 bits per heavy atom. The first kappa shape index (κ1) is 13.8. The molecule has 100 valence electrons. The molecule has 0 aliphatic heterocycles. The van der Waals surface area contributed by atoms with Crippen LogP contribution in [-0.2, 0) is 0 Å². The zero-order chi connectivity index (χ0) is 14.0. The van der Waals surface area contributed by atoms with E-state index < -0.39 is 0 Å². The van der Waals surface area contributed by atoms with Crippen molar-refractivity contribution in [1.29, 1.82) is 0 Å². The monoisotopic (exact) mass is 275 g/mol. The van der Waals surface area contributed by atoms with Gasteiger partial charge in [-0.2, -0.15) is 0 Å². The summed E-state index contributed by atoms with van der Waals surface area (Å²) in [4.78, 5) is 8.26. The van der Waals surface area contributed by atoms with Gasteiger partial charge in [0.05, 0.1) is 11.7 Å². The van der Waals surface area contributed by atoms with Crippen molar-refractivity contribution >= 4 is 17.4 Å². The maximum atomic E-state index is 6.20. The Balaban J connectivity index is 2.25. The molecule has 3 nitrogen and oxygen atoms in total. The van der Waals surface area contributed by atoms with Crippen LogP contribution in [0.2, 0.25) is 5.02 Å². The van der Waals surface area contributed by atoms with Crippen LogP contribution in [0.4, 0.5) is 5.82 Å². The summed E-state index contributed by atoms with van der Waals surface area (Å²) >= 11 is 6.20. The molecule has 0 fully saturated rings. The zero-order valence-corrected chi connectivity index (χ0v) is 12.4. The van der Waals surface area contributed by atoms with Crippen LogP contribution in [0.3, 0.4) is 0 Å². The molecule has 0 amide bonds. The summed E-state index contributed by atoms with van der Waals surface area (Å²) in [7, 11) is 0. The van der Waals surface area contributed by atoms with Crippen molar-refractivity contribution in [2.24, 2.45) is 0 Å². The minimum absolute atomic E-state index is 0.146. The largest absolute Gasteiger partial charge is 0.362 e. The Hall–Kier alpha value is -1.61. The Morgan fingerprint density at radius 1 is 1.16 bits per heavy atom. The van der Waals surface area contributed by atoms with Gasteiger partial charge in [0.15, 0.2) is 0 Å². The Bertz CT molecular complexity index is 596. The van der Waals surface area contributed by atoms with Crippen LogP contribution in [0.25, 0.3) is 0 Å². The van der Waals surface area contributed by atoms with Crippen molar-refractivity contribution in [2.45, 2.75) is 33.7 Å². The molecule has 1 aromatic carbocycles. The second-order valence-corrected chi connectivity index (χ2v) is 5.23. The second-order valence-electron chi connectivity index (χ2n) is 4.85. The third-order valence-electron chi connectivity index (χ3n) is 3.21. The van der Waals surface area contributed by atoms with Gasteiger partial charge in [-0.3, -0.25) is 0 Å². The second kappa shape index (κ2) is 5.57. The molecule has 0 saturated heterocycles. The van der Waals surface area contributed by atoms with E-state index in [1.54, 1.807) is 0 Å². The minimum atomic E-state index is 0.146. The van der Waals surface area contributed by atoms with Gasteiger partial charge in [-0.1, -0.05) is 35.4 Å². The van der Waals surface area contributed by atoms with E-state index >= 15 is 0 Å². The van der Waals surface area contributed by atoms with Crippen LogP contribution in [0.5, 0.6) is 0 Å². The predicted octanol–water partition coefficient (Wildman–Crippen LogP) is 4.23. The van der Waals surface area contributed by atoms with Gasteiger partial charge in [-0.05, 0) is 38.8 Å². The predicted molar refractivity (Wildman–Crippen MR) is 79.7 cm³/mol. The molecule has 0 aliphatic carbocycles. The first-order chi connectivity index (χ1) is 8.99. The number of nitrogens with one attached hydrogen (secondary N) is 1. The Labute approximate surface area is 119 Å². The molecule has 1 atom stereocenters. The third-order valence-corrected chi connectivity index (χ3v) is 3.66. The van der Waals surface area contributed by atoms with Crippen molar-refractivity contribution in [3.63, 3.8) is 0 Å². The van der Waals surface area contributed by atoms with E-state index in [1.807, 2.05) is 6.92 Å². The lowest BCUT2D eigenvalue weighted by Crippen LogP contribution is -2.10. The fourth-order valence-electron chi connectivity index (χ4n) is 2.15. The molecule has 4 heteroatoms. The van der Waals surface area contributed by atoms with Crippen molar-refractivity contribution in [3.05, 3.63) is 51.9 Å². The van der Waals surface area contributed by atoms with Gasteiger partial charge in [0, 0.05) is 0 Å². The SMILES string of the molecule is Cc1ccc(C(C)Nc2ncnc(C)c2Cl)c(C)c1. The summed E-state index contributed by atoms with van der Waals surface area (Å²) in [5, 5.41) is 3.93. The number of hydrogen-bond donors (Lipinski definition) is 1. The first-order valence-corrected chi connectivity index (χ1v) is 6.67. The zero-order valence-electron chi connectivity index (χ0n) is 11.7. The van der Waals surface area contributed by atoms with E-state index in [2.05, 4.69) is 54.3 Å². The number of hydrogen-bond acceptors (Lipinski definition) is 3. The maximum Gasteiger partial charge on any atom is 0.148 e. The van der Waals surface area contributed by atoms with E-state index in [1.165, 1.54) is 23.0 Å². The molecule has 2 rings (SSSR count). The smallest absolute Gasteiger partial charge is 0.148 e. The van der Waals surface area contributed by atoms with Gasteiger partial charge in [-0.15, -0.1) is 0 Å². The summed E-state index contributed by atoms with van der Waals surface area (Å²) in [6, 6.07) is 6.59. The molecule has 2 aromatic rings. The van der Waals surface area contributed by atoms with E-state index in [0.29, 0.717) is 10.8 Å². The lowest BCUT2D eigenvalue weighted by Gasteiger charge is -2.18. The number of aromatic nitrogens is 2. The topological polar surface area (TPSA) is 37.8 Å². The van der Waals surface area contributed by atoms with Crippen LogP contribution in [0, 0.1) is 20.8 Å². The molecule has 0 bridgehead atoms. The molecule has 1 aromatic heterocycles. The van der Waals surface area contributed by atoms with E-state index in [9.17, 15) is 0 Å². The highest BCUT2D eigenvalue weighted by molar-refractivity contribution is 6.33. The average Bonchev–Trinajstić information content (AvgIpc) is 2.34. The first-order valence-electron chi connectivity index (χ1n) is 6.30. The van der Waals surface area contributed by atoms with Gasteiger partial charge in [0.25, 0.3) is 0 Å². The molecular weight excluding hydrogens is 258 g/mol. The normalized spacial score (nSPS) is 12.3. The summed E-state index contributed by atoms with van der Waals surface area (Å²) < 4.78 is 0. The summed E-state index contributed by atoms with van der Waals surface area (Å²) in [6.07, 6.45) is 1.53. The van der Waals surface area contributed by atoms with Crippen molar-refractivity contribution in [1.82, 2.24) is 9.97 Å². The summed E-state index contributed by atoms with van der Waals surface area (Å²) in [5.74, 6) is 0.682. The minimum Gasteiger partial charge on any atom is -0.362 e. The Morgan fingerprint density at radius 3 is 2.58 bits per heavy atom. The van der Waals surface area contributed by atoms with Gasteiger partial charge >= 0.3 is 0 Å². The average molecular weight is 276 g/mol. The van der Waals surface area contributed by atoms with Gasteiger partial charge in [0.2, 0.25) is 0 Å². The fourth-order valence-corrected chi connectivity index (χ4v) is 2.30. The standard InChI is InChI=1S/C15H18ClN3/c1-9-5-6-13(10(2)7-9)11(3)19-15-14(16)12(4)17-8-18-15/h5-8,11H,1-4H3,(H,17,18,19). The number of benzene rings is 1. The maximum absolute atomic E-state index is 6.20. The quantitative estimate of drug-likeness (QED) is 0.911. The van der Waals surface area contributed by atoms with E-state index in [-0.39, 0.29) is 6.04 Å². The van der Waals surface area contributed by atoms with Crippen molar-refractivity contribution in [2.75, 3.05) is 5.32 Å². The van der Waals surface area contributed by atoms with Crippen LogP contribution in [0.15, 0.2) is 24.5 Å². The molecule has 0 saturated carbocycles. The van der Waals surface area contributed by atoms with E-state index in [0.717, 1.165) is 5.69 Å². The molecule has 1 heterocycles. The summed E-state index contributed by atoms with van der Waals surface area (Å²) in [6.45, 7) is 8.19. The number of rotatable bonds is 3. The van der Waals surface area contributed by atoms with Gasteiger partial charge < -0.3 is 5.32 Å². The molecule has 1 N–H and O–H groups in total. The molecule has 0 spiro atoms. The highest BCUT2D eigenvalue weighted by atomic mass is 35.5. The number of anilines is 1. The van der Waals surface area contributed by atoms with Crippen LogP contribution in [0.1, 0.15) is 35.3 Å². The van der Waals surface area contributed by atoms with Crippen LogP contribution >= 0.6 is 11.6 Å². The Kier molecular flexibility index (Phi) is 4.05. The van der Waals surface area contributed by atoms with Gasteiger partial charge in [0.1, 0.15) is 17.2 Å². The highest BCUT2D eigenvalue weighted by Gasteiger charge is 2.12. The number of halogens is 1. The van der Waals surface area contributed by atoms with Crippen LogP contribution < -0.4 is 5.32 Å². The molecule has 0 radical (unpaired) electrons. The third kappa shape index (κ3) is 3.04. The lowest BCUT2D eigenvalue weighted by molar-refractivity contribution is 0.860. The van der Waals surface area contributed by atoms with Gasteiger partial charge in [-0.25, -0.2) is 9.97 Å². The van der Waals surface area contributed by atoms with Crippen molar-refractivity contribution in [3.8, 4) is 0 Å². The van der Waals surface area contributed by atoms with E-state index in [4.69, 9.17) is 11.6 Å². The molecule has 19 heavy (non-hydrogen) atoms. The highest BCUT2D eigenvalue weighted by Crippen LogP contribution is 2.27. The molecule has 0 aliphatic rings. The fraction of sp³-hybridized carbons (Fsp3) is 0.333. The summed E-state index contributed by atoms with van der Waals surface area (Å²) in [5.41, 5.74) is 4.57. The number of aryl methyl sites for hydroxylation is 3. The lowest BCUT2D eigenvalue weighted by atomic mass is 10.0.